The van der Waals surface area contributed by atoms with E-state index in [0.29, 0.717) is 11.6 Å². The minimum Gasteiger partial charge on any atom is -0.497 e. The van der Waals surface area contributed by atoms with Gasteiger partial charge in [-0.15, -0.1) is 22.7 Å². The lowest BCUT2D eigenvalue weighted by Gasteiger charge is -2.08. The molecule has 0 saturated carbocycles. The molecule has 0 aliphatic rings. The zero-order valence-electron chi connectivity index (χ0n) is 17.6. The van der Waals surface area contributed by atoms with Gasteiger partial charge in [-0.2, -0.15) is 0 Å². The molecule has 7 nitrogen and oxygen atoms in total. The van der Waals surface area contributed by atoms with Gasteiger partial charge in [0.15, 0.2) is 5.13 Å². The maximum Gasteiger partial charge on any atom is 0.257 e. The second kappa shape index (κ2) is 10.3. The Bertz CT molecular complexity index is 1350. The summed E-state index contributed by atoms with van der Waals surface area (Å²) in [6.07, 6.45) is 2.38. The lowest BCUT2D eigenvalue weighted by atomic mass is 10.1. The Balaban J connectivity index is 1.41. The first kappa shape index (κ1) is 23.1. The number of hydrogen-bond donors (Lipinski definition) is 2. The normalized spacial score (nSPS) is 11.3. The Labute approximate surface area is 200 Å². The number of carbonyl (C=O) groups excluding carboxylic acids is 1. The van der Waals surface area contributed by atoms with Crippen LogP contribution >= 0.6 is 22.7 Å². The number of aromatic nitrogens is 1. The molecule has 4 aromatic rings. The van der Waals surface area contributed by atoms with Crippen LogP contribution in [0.15, 0.2) is 77.1 Å². The number of rotatable bonds is 9. The molecule has 2 heterocycles. The van der Waals surface area contributed by atoms with Crippen LogP contribution in [0.1, 0.15) is 25.7 Å². The highest BCUT2D eigenvalue weighted by atomic mass is 32.2. The fourth-order valence-electron chi connectivity index (χ4n) is 3.07. The number of carbonyl (C=O) groups is 1. The van der Waals surface area contributed by atoms with Crippen molar-refractivity contribution in [3.8, 4) is 5.75 Å². The highest BCUT2D eigenvalue weighted by Gasteiger charge is 2.17. The van der Waals surface area contributed by atoms with Gasteiger partial charge in [0.1, 0.15) is 5.75 Å². The third kappa shape index (κ3) is 6.05. The summed E-state index contributed by atoms with van der Waals surface area (Å²) in [7, 11) is -2.12. The number of sulfonamides is 1. The number of ether oxygens (including phenoxy) is 1. The van der Waals surface area contributed by atoms with Crippen LogP contribution in [0.3, 0.4) is 0 Å². The zero-order chi connectivity index (χ0) is 23.3. The first-order valence-electron chi connectivity index (χ1n) is 9.94. The molecule has 0 aliphatic heterocycles. The first-order valence-corrected chi connectivity index (χ1v) is 13.1. The van der Waals surface area contributed by atoms with Crippen LogP contribution < -0.4 is 14.8 Å². The van der Waals surface area contributed by atoms with Gasteiger partial charge in [-0.25, -0.2) is 18.1 Å². The van der Waals surface area contributed by atoms with E-state index in [1.54, 1.807) is 25.4 Å². The van der Waals surface area contributed by atoms with Gasteiger partial charge in [0.05, 0.1) is 12.0 Å². The van der Waals surface area contributed by atoms with Crippen molar-refractivity contribution in [1.82, 2.24) is 9.71 Å². The lowest BCUT2D eigenvalue weighted by molar-refractivity contribution is 0.102. The van der Waals surface area contributed by atoms with Crippen LogP contribution in [0.5, 0.6) is 5.75 Å². The second-order valence-corrected chi connectivity index (χ2v) is 11.0. The van der Waals surface area contributed by atoms with E-state index in [2.05, 4.69) is 15.0 Å². The van der Waals surface area contributed by atoms with E-state index in [-0.39, 0.29) is 17.0 Å². The number of amides is 1. The Morgan fingerprint density at radius 1 is 1.06 bits per heavy atom. The Morgan fingerprint density at radius 3 is 2.70 bits per heavy atom. The highest BCUT2D eigenvalue weighted by Crippen LogP contribution is 2.24. The molecule has 0 unspecified atom stereocenters. The van der Waals surface area contributed by atoms with E-state index in [0.717, 1.165) is 21.1 Å². The van der Waals surface area contributed by atoms with Crippen molar-refractivity contribution < 1.29 is 17.9 Å². The van der Waals surface area contributed by atoms with Crippen molar-refractivity contribution in [2.75, 3.05) is 12.4 Å². The molecule has 0 radical (unpaired) electrons. The van der Waals surface area contributed by atoms with E-state index in [1.807, 2.05) is 41.8 Å². The molecule has 4 rings (SSSR count). The molecule has 170 valence electrons. The van der Waals surface area contributed by atoms with E-state index >= 15 is 0 Å². The van der Waals surface area contributed by atoms with Gasteiger partial charge in [0.25, 0.3) is 5.91 Å². The molecule has 1 amide bonds. The maximum absolute atomic E-state index is 12.7. The number of thiophene rings is 1. The minimum atomic E-state index is -3.75. The van der Waals surface area contributed by atoms with Crippen molar-refractivity contribution >= 4 is 43.7 Å². The molecule has 0 saturated heterocycles. The number of hydrogen-bond acceptors (Lipinski definition) is 7. The summed E-state index contributed by atoms with van der Waals surface area (Å²) in [4.78, 5) is 18.9. The second-order valence-electron chi connectivity index (χ2n) is 7.05. The maximum atomic E-state index is 12.7. The van der Waals surface area contributed by atoms with Gasteiger partial charge in [0, 0.05) is 34.5 Å². The summed E-state index contributed by atoms with van der Waals surface area (Å²) in [5, 5.41) is 5.08. The number of nitrogens with one attached hydrogen (secondary N) is 2. The predicted molar refractivity (Wildman–Crippen MR) is 131 cm³/mol. The van der Waals surface area contributed by atoms with Crippen LogP contribution in [0.4, 0.5) is 5.13 Å². The summed E-state index contributed by atoms with van der Waals surface area (Å²) in [5.74, 6) is 0.359. The van der Waals surface area contributed by atoms with Crippen molar-refractivity contribution in [2.45, 2.75) is 17.9 Å². The van der Waals surface area contributed by atoms with Crippen LogP contribution in [0.25, 0.3) is 0 Å². The van der Waals surface area contributed by atoms with Crippen molar-refractivity contribution in [2.24, 2.45) is 0 Å². The summed E-state index contributed by atoms with van der Waals surface area (Å²) < 4.78 is 33.1. The fourth-order valence-corrected chi connectivity index (χ4v) is 5.70. The molecule has 0 fully saturated rings. The minimum absolute atomic E-state index is 0.0320. The van der Waals surface area contributed by atoms with Gasteiger partial charge < -0.3 is 4.74 Å². The number of benzene rings is 2. The molecule has 2 aromatic carbocycles. The monoisotopic (exact) mass is 499 g/mol. The molecule has 33 heavy (non-hydrogen) atoms. The van der Waals surface area contributed by atoms with E-state index in [1.165, 1.54) is 34.8 Å². The largest absolute Gasteiger partial charge is 0.497 e. The average Bonchev–Trinajstić information content (AvgIpc) is 3.50. The highest BCUT2D eigenvalue weighted by molar-refractivity contribution is 7.89. The van der Waals surface area contributed by atoms with Crippen LogP contribution in [0, 0.1) is 0 Å². The standard InChI is InChI=1S/C23H21N3O4S3/c1-30-18-7-2-5-16(11-18)12-20-14-24-23(32-20)26-22(27)17-6-3-9-21(13-17)33(28,29)25-15-19-8-4-10-31-19/h2-11,13-14,25H,12,15H2,1H3,(H,24,26,27). The van der Waals surface area contributed by atoms with Gasteiger partial charge >= 0.3 is 0 Å². The molecule has 10 heteroatoms. The third-order valence-corrected chi connectivity index (χ3v) is 7.90. The van der Waals surface area contributed by atoms with Crippen molar-refractivity contribution in [3.05, 3.63) is 93.1 Å². The zero-order valence-corrected chi connectivity index (χ0v) is 20.1. The van der Waals surface area contributed by atoms with Gasteiger partial charge in [-0.05, 0) is 47.3 Å². The number of nitrogens with zero attached hydrogens (tertiary/aromatic N) is 1. The predicted octanol–water partition coefficient (Wildman–Crippen LogP) is 4.53. The van der Waals surface area contributed by atoms with Crippen LogP contribution in [0.2, 0.25) is 0 Å². The quantitative estimate of drug-likeness (QED) is 0.353. The van der Waals surface area contributed by atoms with Crippen LogP contribution in [-0.4, -0.2) is 26.4 Å². The molecule has 2 N–H and O–H groups in total. The summed E-state index contributed by atoms with van der Waals surface area (Å²) in [6.45, 7) is 0.200. The molecular formula is C23H21N3O4S3. The lowest BCUT2D eigenvalue weighted by Crippen LogP contribution is -2.23. The number of methoxy groups -OCH3 is 1. The summed E-state index contributed by atoms with van der Waals surface area (Å²) in [6, 6.07) is 17.4. The summed E-state index contributed by atoms with van der Waals surface area (Å²) in [5.41, 5.74) is 1.31. The van der Waals surface area contributed by atoms with E-state index in [9.17, 15) is 13.2 Å². The third-order valence-electron chi connectivity index (χ3n) is 4.71. The first-order chi connectivity index (χ1) is 15.9. The van der Waals surface area contributed by atoms with E-state index < -0.39 is 15.9 Å². The molecular weight excluding hydrogens is 478 g/mol. The SMILES string of the molecule is COc1cccc(Cc2cnc(NC(=O)c3cccc(S(=O)(=O)NCc4cccs4)c3)s2)c1. The van der Waals surface area contributed by atoms with Crippen molar-refractivity contribution in [1.29, 1.82) is 0 Å². The van der Waals surface area contributed by atoms with Crippen molar-refractivity contribution in [3.63, 3.8) is 0 Å². The van der Waals surface area contributed by atoms with Gasteiger partial charge in [-0.3, -0.25) is 10.1 Å². The smallest absolute Gasteiger partial charge is 0.257 e. The molecule has 0 atom stereocenters. The Hall–Kier alpha value is -3.05. The van der Waals surface area contributed by atoms with Gasteiger partial charge in [-0.1, -0.05) is 24.3 Å². The fraction of sp³-hybridized carbons (Fsp3) is 0.130. The molecule has 0 bridgehead atoms. The van der Waals surface area contributed by atoms with E-state index in [4.69, 9.17) is 4.74 Å². The number of thiazole rings is 1. The molecule has 0 spiro atoms. The number of anilines is 1. The van der Waals surface area contributed by atoms with Gasteiger partial charge in [0.2, 0.25) is 10.0 Å². The Morgan fingerprint density at radius 2 is 1.91 bits per heavy atom. The summed E-state index contributed by atoms with van der Waals surface area (Å²) >= 11 is 2.84. The molecule has 2 aromatic heterocycles. The Kier molecular flexibility index (Phi) is 7.19. The molecule has 0 aliphatic carbocycles. The topological polar surface area (TPSA) is 97.4 Å². The average molecular weight is 500 g/mol. The van der Waals surface area contributed by atoms with Crippen LogP contribution in [-0.2, 0) is 23.0 Å².